The van der Waals surface area contributed by atoms with Gasteiger partial charge in [0.1, 0.15) is 5.56 Å². The molecule has 0 unspecified atom stereocenters. The molecule has 0 aliphatic carbocycles. The largest absolute Gasteiger partial charge is 0.462 e. The highest BCUT2D eigenvalue weighted by molar-refractivity contribution is 7.18. The van der Waals surface area contributed by atoms with Gasteiger partial charge in [-0.25, -0.2) is 10.1 Å². The van der Waals surface area contributed by atoms with Crippen LogP contribution in [0, 0.1) is 0 Å². The monoisotopic (exact) mass is 365 g/mol. The van der Waals surface area contributed by atoms with Crippen LogP contribution in [0.25, 0.3) is 11.1 Å². The molecule has 126 valence electrons. The SMILES string of the molecule is CCOC(=O)c1c(NC=[N+](C)C)sc(C=O)c1-c1ccccc1Cl. The van der Waals surface area contributed by atoms with Gasteiger partial charge in [0, 0.05) is 16.1 Å². The van der Waals surface area contributed by atoms with Crippen molar-refractivity contribution in [1.29, 1.82) is 0 Å². The van der Waals surface area contributed by atoms with Gasteiger partial charge in [-0.3, -0.25) is 9.37 Å². The molecular weight excluding hydrogens is 348 g/mol. The minimum absolute atomic E-state index is 0.240. The van der Waals surface area contributed by atoms with Crippen molar-refractivity contribution in [3.8, 4) is 11.1 Å². The highest BCUT2D eigenvalue weighted by Crippen LogP contribution is 2.42. The van der Waals surface area contributed by atoms with Gasteiger partial charge >= 0.3 is 5.97 Å². The van der Waals surface area contributed by atoms with Crippen molar-refractivity contribution in [2.75, 3.05) is 26.0 Å². The standard InChI is InChI=1S/C17H17ClN2O3S/c1-4-23-17(22)15-14(11-7-5-6-8-12(11)18)13(9-21)24-16(15)19-10-20(2)3/h5-10H,4H2,1-3H3/p+1. The molecule has 2 aromatic rings. The Kier molecular flexibility index (Phi) is 6.11. The molecule has 0 aliphatic rings. The second-order valence-electron chi connectivity index (χ2n) is 5.10. The molecule has 7 heteroatoms. The van der Waals surface area contributed by atoms with Gasteiger partial charge in [-0.15, -0.1) is 0 Å². The van der Waals surface area contributed by atoms with Gasteiger partial charge in [0.2, 0.25) is 6.34 Å². The molecule has 24 heavy (non-hydrogen) atoms. The first-order valence-electron chi connectivity index (χ1n) is 7.29. The number of benzene rings is 1. The topological polar surface area (TPSA) is 58.4 Å². The molecule has 0 atom stereocenters. The summed E-state index contributed by atoms with van der Waals surface area (Å²) in [5.41, 5.74) is 1.43. The molecule has 1 heterocycles. The zero-order chi connectivity index (χ0) is 17.7. The Morgan fingerprint density at radius 3 is 2.67 bits per heavy atom. The fourth-order valence-electron chi connectivity index (χ4n) is 2.15. The van der Waals surface area contributed by atoms with Gasteiger partial charge in [-0.05, 0) is 13.0 Å². The Hall–Kier alpha value is -2.18. The van der Waals surface area contributed by atoms with E-state index in [9.17, 15) is 9.59 Å². The highest BCUT2D eigenvalue weighted by Gasteiger charge is 2.28. The van der Waals surface area contributed by atoms with Crippen LogP contribution in [0.1, 0.15) is 27.0 Å². The Morgan fingerprint density at radius 2 is 2.08 bits per heavy atom. The number of thiophene rings is 1. The van der Waals surface area contributed by atoms with Crippen LogP contribution in [0.2, 0.25) is 5.02 Å². The fourth-order valence-corrected chi connectivity index (χ4v) is 3.36. The van der Waals surface area contributed by atoms with Gasteiger partial charge in [0.25, 0.3) is 0 Å². The van der Waals surface area contributed by atoms with Crippen LogP contribution in [0.3, 0.4) is 0 Å². The maximum Gasteiger partial charge on any atom is 0.344 e. The average Bonchev–Trinajstić information content (AvgIpc) is 2.92. The van der Waals surface area contributed by atoms with Crippen LogP contribution < -0.4 is 5.32 Å². The second kappa shape index (κ2) is 8.08. The van der Waals surface area contributed by atoms with Crippen molar-refractivity contribution >= 4 is 46.5 Å². The molecule has 0 saturated heterocycles. The summed E-state index contributed by atoms with van der Waals surface area (Å²) in [6.45, 7) is 1.98. The lowest BCUT2D eigenvalue weighted by molar-refractivity contribution is -0.459. The normalized spacial score (nSPS) is 10.2. The van der Waals surface area contributed by atoms with Crippen molar-refractivity contribution in [2.45, 2.75) is 6.92 Å². The smallest absolute Gasteiger partial charge is 0.344 e. The van der Waals surface area contributed by atoms with E-state index >= 15 is 0 Å². The number of ether oxygens (including phenoxy) is 1. The molecule has 1 N–H and O–H groups in total. The summed E-state index contributed by atoms with van der Waals surface area (Å²) < 4.78 is 6.97. The molecule has 1 aromatic carbocycles. The minimum Gasteiger partial charge on any atom is -0.462 e. The molecule has 1 aromatic heterocycles. The molecule has 5 nitrogen and oxygen atoms in total. The highest BCUT2D eigenvalue weighted by atomic mass is 35.5. The van der Waals surface area contributed by atoms with Gasteiger partial charge in [-0.1, -0.05) is 41.1 Å². The number of nitrogens with one attached hydrogen (secondary N) is 1. The first-order chi connectivity index (χ1) is 11.5. The first-order valence-corrected chi connectivity index (χ1v) is 8.49. The molecule has 0 fully saturated rings. The number of carbonyl (C=O) groups is 2. The van der Waals surface area contributed by atoms with Crippen LogP contribution in [-0.4, -0.2) is 43.9 Å². The fraction of sp³-hybridized carbons (Fsp3) is 0.235. The van der Waals surface area contributed by atoms with E-state index in [1.807, 2.05) is 14.1 Å². The number of hydrogen-bond donors (Lipinski definition) is 1. The van der Waals surface area contributed by atoms with E-state index in [1.54, 1.807) is 42.1 Å². The summed E-state index contributed by atoms with van der Waals surface area (Å²) in [7, 11) is 3.69. The molecule has 0 amide bonds. The van der Waals surface area contributed by atoms with E-state index in [-0.39, 0.29) is 6.61 Å². The molecule has 0 aliphatic heterocycles. The third-order valence-corrected chi connectivity index (χ3v) is 4.50. The predicted octanol–water partition coefficient (Wildman–Crippen LogP) is 3.77. The number of nitrogens with zero attached hydrogens (tertiary/aromatic N) is 1. The number of carbonyl (C=O) groups excluding carboxylic acids is 2. The Balaban J connectivity index is 2.71. The molecule has 0 spiro atoms. The van der Waals surface area contributed by atoms with Gasteiger partial charge < -0.3 is 4.74 Å². The van der Waals surface area contributed by atoms with E-state index in [2.05, 4.69) is 5.32 Å². The zero-order valence-electron chi connectivity index (χ0n) is 13.6. The van der Waals surface area contributed by atoms with Crippen molar-refractivity contribution in [2.24, 2.45) is 0 Å². The summed E-state index contributed by atoms with van der Waals surface area (Å²) in [4.78, 5) is 24.5. The predicted molar refractivity (Wildman–Crippen MR) is 97.9 cm³/mol. The second-order valence-corrected chi connectivity index (χ2v) is 6.56. The third-order valence-electron chi connectivity index (χ3n) is 3.12. The summed E-state index contributed by atoms with van der Waals surface area (Å²) in [6.07, 6.45) is 2.42. The maximum absolute atomic E-state index is 12.5. The first kappa shape index (κ1) is 18.2. The average molecular weight is 366 g/mol. The number of esters is 1. The number of anilines is 1. The van der Waals surface area contributed by atoms with Crippen molar-refractivity contribution in [3.05, 3.63) is 39.7 Å². The Morgan fingerprint density at radius 1 is 1.38 bits per heavy atom. The number of halogens is 1. The van der Waals surface area contributed by atoms with Gasteiger partial charge in [0.15, 0.2) is 11.3 Å². The number of rotatable bonds is 6. The number of hydrogen-bond acceptors (Lipinski definition) is 4. The van der Waals surface area contributed by atoms with Crippen LogP contribution in [0.5, 0.6) is 0 Å². The molecule has 0 saturated carbocycles. The summed E-state index contributed by atoms with van der Waals surface area (Å²) in [6, 6.07) is 7.10. The molecule has 0 bridgehead atoms. The molecule has 2 rings (SSSR count). The van der Waals surface area contributed by atoms with Crippen molar-refractivity contribution in [3.63, 3.8) is 0 Å². The zero-order valence-corrected chi connectivity index (χ0v) is 15.2. The van der Waals surface area contributed by atoms with E-state index in [0.717, 1.165) is 6.29 Å². The van der Waals surface area contributed by atoms with E-state index in [4.69, 9.17) is 16.3 Å². The van der Waals surface area contributed by atoms with Crippen molar-refractivity contribution in [1.82, 2.24) is 0 Å². The van der Waals surface area contributed by atoms with Crippen LogP contribution in [0.15, 0.2) is 24.3 Å². The van der Waals surface area contributed by atoms with E-state index < -0.39 is 5.97 Å². The van der Waals surface area contributed by atoms with E-state index in [1.165, 1.54) is 11.3 Å². The Labute approximate surface area is 149 Å². The Bertz CT molecular complexity index is 795. The van der Waals surface area contributed by atoms with Crippen molar-refractivity contribution < 1.29 is 18.9 Å². The maximum atomic E-state index is 12.5. The lowest BCUT2D eigenvalue weighted by Crippen LogP contribution is -2.11. The van der Waals surface area contributed by atoms with Crippen LogP contribution in [0.4, 0.5) is 5.00 Å². The van der Waals surface area contributed by atoms with Gasteiger partial charge in [0.05, 0.1) is 25.6 Å². The lowest BCUT2D eigenvalue weighted by Gasteiger charge is -2.07. The minimum atomic E-state index is -0.494. The van der Waals surface area contributed by atoms with Gasteiger partial charge in [-0.2, -0.15) is 0 Å². The van der Waals surface area contributed by atoms with E-state index in [0.29, 0.717) is 31.6 Å². The quantitative estimate of drug-likeness (QED) is 0.278. The molecular formula is C17H18ClN2O3S+. The third kappa shape index (κ3) is 3.83. The number of aldehydes is 1. The summed E-state index contributed by atoms with van der Waals surface area (Å²) >= 11 is 7.47. The lowest BCUT2D eigenvalue weighted by atomic mass is 10.0. The summed E-state index contributed by atoms with van der Waals surface area (Å²) in [5.74, 6) is -0.494. The summed E-state index contributed by atoms with van der Waals surface area (Å²) in [5, 5.41) is 4.06. The van der Waals surface area contributed by atoms with Crippen LogP contribution in [-0.2, 0) is 4.74 Å². The van der Waals surface area contributed by atoms with Crippen LogP contribution >= 0.6 is 22.9 Å². The molecule has 0 radical (unpaired) electrons.